The van der Waals surface area contributed by atoms with Crippen molar-refractivity contribution in [3.63, 3.8) is 0 Å². The fraction of sp³-hybridized carbons (Fsp3) is 0.0667. The minimum atomic E-state index is -0.339. The molecule has 1 amide bonds. The largest absolute Gasteiger partial charge is 0.322 e. The number of halogens is 1. The number of anilines is 1. The highest BCUT2D eigenvalue weighted by atomic mass is 19.1. The Hall–Kier alpha value is -2.67. The third-order valence-electron chi connectivity index (χ3n) is 2.71. The number of carbonyl (C=O) groups excluding carboxylic acids is 1. The number of nitrogens with one attached hydrogen (secondary N) is 1. The molecule has 0 saturated carbocycles. The van der Waals surface area contributed by atoms with Gasteiger partial charge in [-0.05, 0) is 55.0 Å². The third kappa shape index (κ3) is 2.96. The van der Waals surface area contributed by atoms with Crippen LogP contribution in [0.5, 0.6) is 0 Å². The van der Waals surface area contributed by atoms with Crippen molar-refractivity contribution in [3.8, 4) is 6.07 Å². The smallest absolute Gasteiger partial charge is 0.255 e. The highest BCUT2D eigenvalue weighted by Gasteiger charge is 2.08. The maximum Gasteiger partial charge on any atom is 0.255 e. The van der Waals surface area contributed by atoms with Crippen LogP contribution in [0.1, 0.15) is 21.5 Å². The summed E-state index contributed by atoms with van der Waals surface area (Å²) < 4.78 is 12.9. The number of nitriles is 1. The Labute approximate surface area is 110 Å². The van der Waals surface area contributed by atoms with Crippen LogP contribution in [-0.4, -0.2) is 5.91 Å². The quantitative estimate of drug-likeness (QED) is 0.894. The van der Waals surface area contributed by atoms with E-state index in [1.165, 1.54) is 18.2 Å². The fourth-order valence-corrected chi connectivity index (χ4v) is 1.66. The van der Waals surface area contributed by atoms with E-state index < -0.39 is 0 Å². The molecule has 2 aromatic rings. The lowest BCUT2D eigenvalue weighted by molar-refractivity contribution is 0.102. The Balaban J connectivity index is 2.18. The molecule has 0 spiro atoms. The maximum absolute atomic E-state index is 12.9. The summed E-state index contributed by atoms with van der Waals surface area (Å²) in [5.41, 5.74) is 2.16. The second-order valence-corrected chi connectivity index (χ2v) is 4.10. The van der Waals surface area contributed by atoms with Gasteiger partial charge in [0.05, 0.1) is 11.6 Å². The van der Waals surface area contributed by atoms with Crippen molar-refractivity contribution in [1.82, 2.24) is 0 Å². The minimum absolute atomic E-state index is 0.292. The zero-order chi connectivity index (χ0) is 13.8. The zero-order valence-electron chi connectivity index (χ0n) is 10.3. The van der Waals surface area contributed by atoms with Crippen LogP contribution in [0.4, 0.5) is 10.1 Å². The second-order valence-electron chi connectivity index (χ2n) is 4.10. The molecule has 3 nitrogen and oxygen atoms in total. The Bertz CT molecular complexity index is 657. The first-order valence-electron chi connectivity index (χ1n) is 5.68. The maximum atomic E-state index is 12.9. The molecule has 0 aliphatic rings. The summed E-state index contributed by atoms with van der Waals surface area (Å²) in [6.07, 6.45) is 0. The monoisotopic (exact) mass is 254 g/mol. The average Bonchev–Trinajstić information content (AvgIpc) is 2.42. The number of aryl methyl sites for hydroxylation is 1. The molecule has 4 heteroatoms. The molecule has 0 unspecified atom stereocenters. The van der Waals surface area contributed by atoms with E-state index in [0.717, 1.165) is 0 Å². The van der Waals surface area contributed by atoms with Crippen molar-refractivity contribution in [2.75, 3.05) is 5.32 Å². The summed E-state index contributed by atoms with van der Waals surface area (Å²) in [5.74, 6) is -0.631. The Morgan fingerprint density at radius 2 is 1.89 bits per heavy atom. The van der Waals surface area contributed by atoms with E-state index in [0.29, 0.717) is 22.4 Å². The van der Waals surface area contributed by atoms with Crippen molar-refractivity contribution in [2.24, 2.45) is 0 Å². The molecule has 0 aliphatic heterocycles. The average molecular weight is 254 g/mol. The van der Waals surface area contributed by atoms with Gasteiger partial charge in [-0.2, -0.15) is 5.26 Å². The van der Waals surface area contributed by atoms with Crippen LogP contribution in [0.15, 0.2) is 42.5 Å². The molecule has 0 bridgehead atoms. The van der Waals surface area contributed by atoms with Gasteiger partial charge in [-0.1, -0.05) is 0 Å². The Morgan fingerprint density at radius 3 is 2.47 bits per heavy atom. The van der Waals surface area contributed by atoms with Crippen molar-refractivity contribution in [1.29, 1.82) is 5.26 Å². The lowest BCUT2D eigenvalue weighted by atomic mass is 10.1. The molecule has 2 rings (SSSR count). The first kappa shape index (κ1) is 12.8. The molecule has 0 heterocycles. The first-order valence-corrected chi connectivity index (χ1v) is 5.68. The molecule has 2 aromatic carbocycles. The third-order valence-corrected chi connectivity index (χ3v) is 2.71. The number of benzene rings is 2. The normalized spacial score (nSPS) is 9.74. The minimum Gasteiger partial charge on any atom is -0.322 e. The number of hydrogen-bond donors (Lipinski definition) is 1. The standard InChI is InChI=1S/C15H11FN2O/c1-10-8-13(16)6-7-14(10)18-15(19)12-4-2-11(9-17)3-5-12/h2-8H,1H3,(H,18,19). The van der Waals surface area contributed by atoms with Gasteiger partial charge in [-0.3, -0.25) is 4.79 Å². The SMILES string of the molecule is Cc1cc(F)ccc1NC(=O)c1ccc(C#N)cc1. The Morgan fingerprint density at radius 1 is 1.21 bits per heavy atom. The summed E-state index contributed by atoms with van der Waals surface area (Å²) >= 11 is 0. The van der Waals surface area contributed by atoms with Gasteiger partial charge < -0.3 is 5.32 Å². The molecule has 1 N–H and O–H groups in total. The first-order chi connectivity index (χ1) is 9.10. The predicted octanol–water partition coefficient (Wildman–Crippen LogP) is 3.26. The van der Waals surface area contributed by atoms with E-state index in [-0.39, 0.29) is 11.7 Å². The molecule has 94 valence electrons. The second kappa shape index (κ2) is 5.32. The highest BCUT2D eigenvalue weighted by Crippen LogP contribution is 2.17. The lowest BCUT2D eigenvalue weighted by Gasteiger charge is -2.08. The van der Waals surface area contributed by atoms with Gasteiger partial charge >= 0.3 is 0 Å². The van der Waals surface area contributed by atoms with Gasteiger partial charge in [0.2, 0.25) is 0 Å². The van der Waals surface area contributed by atoms with Crippen LogP contribution < -0.4 is 5.32 Å². The molecular weight excluding hydrogens is 243 g/mol. The van der Waals surface area contributed by atoms with Gasteiger partial charge in [0.25, 0.3) is 5.91 Å². The van der Waals surface area contributed by atoms with E-state index in [4.69, 9.17) is 5.26 Å². The predicted molar refractivity (Wildman–Crippen MR) is 70.2 cm³/mol. The van der Waals surface area contributed by atoms with Crippen LogP contribution in [0.2, 0.25) is 0 Å². The summed E-state index contributed by atoms with van der Waals surface area (Å²) in [4.78, 5) is 12.0. The van der Waals surface area contributed by atoms with Crippen molar-refractivity contribution in [3.05, 3.63) is 65.0 Å². The number of hydrogen-bond acceptors (Lipinski definition) is 2. The topological polar surface area (TPSA) is 52.9 Å². The summed E-state index contributed by atoms with van der Waals surface area (Å²) in [6.45, 7) is 1.72. The number of nitrogens with zero attached hydrogens (tertiary/aromatic N) is 1. The van der Waals surface area contributed by atoms with E-state index in [1.54, 1.807) is 31.2 Å². The van der Waals surface area contributed by atoms with Gasteiger partial charge in [0.15, 0.2) is 0 Å². The molecule has 0 atom stereocenters. The fourth-order valence-electron chi connectivity index (χ4n) is 1.66. The van der Waals surface area contributed by atoms with Crippen LogP contribution in [0.25, 0.3) is 0 Å². The van der Waals surface area contributed by atoms with E-state index in [1.807, 2.05) is 6.07 Å². The molecule has 0 aliphatic carbocycles. The summed E-state index contributed by atoms with van der Waals surface area (Å²) in [5, 5.41) is 11.4. The van der Waals surface area contributed by atoms with Crippen LogP contribution in [0.3, 0.4) is 0 Å². The molecule has 0 fully saturated rings. The van der Waals surface area contributed by atoms with Crippen molar-refractivity contribution < 1.29 is 9.18 Å². The van der Waals surface area contributed by atoms with Gasteiger partial charge in [-0.25, -0.2) is 4.39 Å². The molecule has 0 radical (unpaired) electrons. The van der Waals surface area contributed by atoms with Crippen LogP contribution in [-0.2, 0) is 0 Å². The molecule has 0 saturated heterocycles. The number of rotatable bonds is 2. The van der Waals surface area contributed by atoms with Crippen molar-refractivity contribution in [2.45, 2.75) is 6.92 Å². The van der Waals surface area contributed by atoms with Gasteiger partial charge in [0, 0.05) is 11.3 Å². The molecular formula is C15H11FN2O. The molecule has 0 aromatic heterocycles. The summed E-state index contributed by atoms with van der Waals surface area (Å²) in [7, 11) is 0. The van der Waals surface area contributed by atoms with Gasteiger partial charge in [-0.15, -0.1) is 0 Å². The zero-order valence-corrected chi connectivity index (χ0v) is 10.3. The molecule has 19 heavy (non-hydrogen) atoms. The number of carbonyl (C=O) groups is 1. The van der Waals surface area contributed by atoms with Crippen LogP contribution >= 0.6 is 0 Å². The Kier molecular flexibility index (Phi) is 3.58. The number of amides is 1. The van der Waals surface area contributed by atoms with E-state index in [9.17, 15) is 9.18 Å². The van der Waals surface area contributed by atoms with Crippen LogP contribution in [0, 0.1) is 24.1 Å². The summed E-state index contributed by atoms with van der Waals surface area (Å²) in [6, 6.07) is 12.5. The van der Waals surface area contributed by atoms with Crippen molar-refractivity contribution >= 4 is 11.6 Å². The van der Waals surface area contributed by atoms with E-state index >= 15 is 0 Å². The highest BCUT2D eigenvalue weighted by molar-refractivity contribution is 6.04. The van der Waals surface area contributed by atoms with Gasteiger partial charge in [0.1, 0.15) is 5.82 Å². The van der Waals surface area contributed by atoms with E-state index in [2.05, 4.69) is 5.32 Å². The lowest BCUT2D eigenvalue weighted by Crippen LogP contribution is -2.12.